The maximum atomic E-state index is 5.65. The molecule has 0 aromatic carbocycles. The van der Waals surface area contributed by atoms with Gasteiger partial charge in [0.2, 0.25) is 0 Å². The summed E-state index contributed by atoms with van der Waals surface area (Å²) in [5.74, 6) is 1.30. The summed E-state index contributed by atoms with van der Waals surface area (Å²) in [4.78, 5) is 0. The van der Waals surface area contributed by atoms with Crippen molar-refractivity contribution in [3.05, 3.63) is 11.8 Å². The summed E-state index contributed by atoms with van der Waals surface area (Å²) >= 11 is 2.10. The molecule has 0 radical (unpaired) electrons. The van der Waals surface area contributed by atoms with Gasteiger partial charge in [0.05, 0.1) is 6.26 Å². The highest BCUT2D eigenvalue weighted by atomic mass is 32.2. The lowest BCUT2D eigenvalue weighted by molar-refractivity contribution is 0.209. The lowest BCUT2D eigenvalue weighted by atomic mass is 10.0. The molecule has 1 nitrogen and oxygen atoms in total. The smallest absolute Gasteiger partial charge is 0.102 e. The Morgan fingerprint density at radius 3 is 2.73 bits per heavy atom. The fourth-order valence-corrected chi connectivity index (χ4v) is 3.13. The topological polar surface area (TPSA) is 9.23 Å². The first kappa shape index (κ1) is 13.0. The molecule has 1 saturated heterocycles. The normalized spacial score (nSPS) is 27.7. The minimum Gasteiger partial charge on any atom is -0.500 e. The number of hydrogen-bond acceptors (Lipinski definition) is 2. The van der Waals surface area contributed by atoms with Crippen LogP contribution >= 0.6 is 11.8 Å². The number of allylic oxidation sites excluding steroid dienone is 1. The minimum atomic E-state index is 0.340. The van der Waals surface area contributed by atoms with Gasteiger partial charge in [0.15, 0.2) is 0 Å². The summed E-state index contributed by atoms with van der Waals surface area (Å²) in [6.45, 7) is 7.37. The molecule has 0 spiro atoms. The Balaban J connectivity index is 2.36. The van der Waals surface area contributed by atoms with Crippen LogP contribution in [-0.2, 0) is 4.74 Å². The van der Waals surface area contributed by atoms with Gasteiger partial charge in [-0.3, -0.25) is 0 Å². The quantitative estimate of drug-likeness (QED) is 0.663. The lowest BCUT2D eigenvalue weighted by Crippen LogP contribution is -2.27. The summed E-state index contributed by atoms with van der Waals surface area (Å²) in [6, 6.07) is 0. The van der Waals surface area contributed by atoms with Crippen molar-refractivity contribution in [3.8, 4) is 0 Å². The second kappa shape index (κ2) is 6.47. The highest BCUT2D eigenvalue weighted by Crippen LogP contribution is 2.34. The van der Waals surface area contributed by atoms with Gasteiger partial charge >= 0.3 is 0 Å². The number of thioether (sulfide) groups is 1. The molecule has 0 bridgehead atoms. The third-order valence-corrected chi connectivity index (χ3v) is 4.27. The van der Waals surface area contributed by atoms with Crippen molar-refractivity contribution in [2.45, 2.75) is 57.6 Å². The van der Waals surface area contributed by atoms with E-state index in [9.17, 15) is 0 Å². The monoisotopic (exact) mass is 228 g/mol. The fraction of sp³-hybridized carbons (Fsp3) is 0.846. The van der Waals surface area contributed by atoms with Crippen LogP contribution in [0.5, 0.6) is 0 Å². The second-order valence-corrected chi connectivity index (χ2v) is 6.65. The summed E-state index contributed by atoms with van der Waals surface area (Å²) in [5, 5.41) is 0. The average Bonchev–Trinajstić information content (AvgIpc) is 2.12. The molecule has 0 N–H and O–H groups in total. The van der Waals surface area contributed by atoms with Crippen molar-refractivity contribution >= 4 is 11.8 Å². The first-order chi connectivity index (χ1) is 7.12. The minimum absolute atomic E-state index is 0.340. The molecule has 88 valence electrons. The molecule has 1 aliphatic rings. The van der Waals surface area contributed by atoms with E-state index in [1.54, 1.807) is 0 Å². The molecule has 1 atom stereocenters. The van der Waals surface area contributed by atoms with Gasteiger partial charge in [-0.05, 0) is 44.9 Å². The van der Waals surface area contributed by atoms with Crippen LogP contribution in [0.25, 0.3) is 0 Å². The molecule has 0 saturated carbocycles. The van der Waals surface area contributed by atoms with Crippen LogP contribution in [-0.4, -0.2) is 17.1 Å². The van der Waals surface area contributed by atoms with Crippen molar-refractivity contribution in [2.24, 2.45) is 0 Å². The third-order valence-electron chi connectivity index (χ3n) is 2.76. The summed E-state index contributed by atoms with van der Waals surface area (Å²) in [5.41, 5.74) is 1.24. The number of ether oxygens (including phenoxy) is 1. The van der Waals surface area contributed by atoms with Gasteiger partial charge < -0.3 is 4.74 Å². The highest BCUT2D eigenvalue weighted by Gasteiger charge is 2.25. The zero-order valence-corrected chi connectivity index (χ0v) is 11.2. The van der Waals surface area contributed by atoms with Gasteiger partial charge in [0.1, 0.15) is 6.61 Å². The zero-order chi connectivity index (χ0) is 11.1. The van der Waals surface area contributed by atoms with Crippen LogP contribution in [0.1, 0.15) is 52.9 Å². The van der Waals surface area contributed by atoms with Gasteiger partial charge in [0.25, 0.3) is 0 Å². The number of rotatable bonds is 3. The number of hydrogen-bond donors (Lipinski definition) is 0. The molecule has 0 aliphatic carbocycles. The van der Waals surface area contributed by atoms with E-state index in [2.05, 4.69) is 32.5 Å². The maximum Gasteiger partial charge on any atom is 0.102 e. The SMILES string of the molecule is CC(C)=COCC1(C)CCCCCCS1. The first-order valence-electron chi connectivity index (χ1n) is 6.01. The van der Waals surface area contributed by atoms with Crippen LogP contribution in [0.15, 0.2) is 11.8 Å². The van der Waals surface area contributed by atoms with Gasteiger partial charge in [-0.2, -0.15) is 11.8 Å². The highest BCUT2D eigenvalue weighted by molar-refractivity contribution is 8.00. The Hall–Kier alpha value is -0.110. The Kier molecular flexibility index (Phi) is 5.59. The Morgan fingerprint density at radius 1 is 1.27 bits per heavy atom. The molecule has 0 aromatic rings. The van der Waals surface area contributed by atoms with E-state index in [0.29, 0.717) is 4.75 Å². The molecule has 0 amide bonds. The fourth-order valence-electron chi connectivity index (χ4n) is 1.84. The van der Waals surface area contributed by atoms with Gasteiger partial charge in [-0.25, -0.2) is 0 Å². The zero-order valence-electron chi connectivity index (χ0n) is 10.3. The molecule has 1 fully saturated rings. The summed E-state index contributed by atoms with van der Waals surface area (Å²) in [7, 11) is 0. The predicted octanol–water partition coefficient (Wildman–Crippen LogP) is 4.38. The lowest BCUT2D eigenvalue weighted by Gasteiger charge is -2.30. The van der Waals surface area contributed by atoms with E-state index < -0.39 is 0 Å². The van der Waals surface area contributed by atoms with E-state index >= 15 is 0 Å². The van der Waals surface area contributed by atoms with Gasteiger partial charge in [0, 0.05) is 4.75 Å². The molecule has 2 heteroatoms. The second-order valence-electron chi connectivity index (χ2n) is 4.97. The molecule has 1 rings (SSSR count). The Bertz CT molecular complexity index is 199. The molecule has 15 heavy (non-hydrogen) atoms. The van der Waals surface area contributed by atoms with Gasteiger partial charge in [-0.1, -0.05) is 19.3 Å². The van der Waals surface area contributed by atoms with E-state index in [4.69, 9.17) is 4.74 Å². The van der Waals surface area contributed by atoms with E-state index in [1.165, 1.54) is 43.4 Å². The van der Waals surface area contributed by atoms with Crippen LogP contribution < -0.4 is 0 Å². The maximum absolute atomic E-state index is 5.65. The largest absolute Gasteiger partial charge is 0.500 e. The Morgan fingerprint density at radius 2 is 2.00 bits per heavy atom. The molecule has 1 unspecified atom stereocenters. The van der Waals surface area contributed by atoms with E-state index in [0.717, 1.165) is 6.61 Å². The van der Waals surface area contributed by atoms with Crippen molar-refractivity contribution in [3.63, 3.8) is 0 Å². The summed E-state index contributed by atoms with van der Waals surface area (Å²) < 4.78 is 5.99. The van der Waals surface area contributed by atoms with Crippen LogP contribution in [0.4, 0.5) is 0 Å². The summed E-state index contributed by atoms with van der Waals surface area (Å²) in [6.07, 6.45) is 8.75. The Labute approximate surface area is 98.7 Å². The molecule has 0 aromatic heterocycles. The van der Waals surface area contributed by atoms with E-state index in [1.807, 2.05) is 6.26 Å². The molecular formula is C13H24OS. The van der Waals surface area contributed by atoms with Crippen molar-refractivity contribution < 1.29 is 4.74 Å². The van der Waals surface area contributed by atoms with Crippen LogP contribution in [0.2, 0.25) is 0 Å². The molecular weight excluding hydrogens is 204 g/mol. The average molecular weight is 228 g/mol. The van der Waals surface area contributed by atoms with Crippen LogP contribution in [0.3, 0.4) is 0 Å². The van der Waals surface area contributed by atoms with Crippen molar-refractivity contribution in [1.29, 1.82) is 0 Å². The standard InChI is InChI=1S/C13H24OS/c1-12(2)10-14-11-13(3)8-6-4-5-7-9-15-13/h10H,4-9,11H2,1-3H3. The molecule has 1 heterocycles. The first-order valence-corrected chi connectivity index (χ1v) is 7.00. The van der Waals surface area contributed by atoms with Crippen molar-refractivity contribution in [2.75, 3.05) is 12.4 Å². The van der Waals surface area contributed by atoms with Crippen LogP contribution in [0, 0.1) is 0 Å². The van der Waals surface area contributed by atoms with Gasteiger partial charge in [-0.15, -0.1) is 0 Å². The van der Waals surface area contributed by atoms with E-state index in [-0.39, 0.29) is 0 Å². The third kappa shape index (κ3) is 5.50. The van der Waals surface area contributed by atoms with Crippen molar-refractivity contribution in [1.82, 2.24) is 0 Å². The predicted molar refractivity (Wildman–Crippen MR) is 69.3 cm³/mol. The molecule has 1 aliphatic heterocycles.